The molecule has 1 fully saturated rings. The van der Waals surface area contributed by atoms with Gasteiger partial charge in [-0.05, 0) is 64.2 Å². The molecule has 1 aliphatic rings. The van der Waals surface area contributed by atoms with E-state index in [1.165, 1.54) is 6.08 Å². The van der Waals surface area contributed by atoms with Crippen LogP contribution >= 0.6 is 0 Å². The molecule has 0 aromatic rings. The quantitative estimate of drug-likeness (QED) is 0.655. The Balaban J connectivity index is 2.92. The summed E-state index contributed by atoms with van der Waals surface area (Å²) in [6.45, 7) is 17.2. The Morgan fingerprint density at radius 3 is 2.30 bits per heavy atom. The summed E-state index contributed by atoms with van der Waals surface area (Å²) >= 11 is 0. The maximum Gasteiger partial charge on any atom is 0.100 e. The largest absolute Gasteiger partial charge is 0.387 e. The van der Waals surface area contributed by atoms with Gasteiger partial charge in [-0.2, -0.15) is 0 Å². The van der Waals surface area contributed by atoms with E-state index in [0.717, 1.165) is 24.8 Å². The van der Waals surface area contributed by atoms with Gasteiger partial charge < -0.3 is 15.3 Å². The molecule has 0 spiro atoms. The fourth-order valence-electron chi connectivity index (χ4n) is 3.53. The zero-order valence-corrected chi connectivity index (χ0v) is 15.3. The first kappa shape index (κ1) is 20.1. The van der Waals surface area contributed by atoms with Crippen LogP contribution in [0.1, 0.15) is 53.9 Å². The summed E-state index contributed by atoms with van der Waals surface area (Å²) in [4.78, 5) is 0. The van der Waals surface area contributed by atoms with Crippen LogP contribution in [0.4, 0.5) is 0 Å². The van der Waals surface area contributed by atoms with E-state index in [1.54, 1.807) is 26.8 Å². The monoisotopic (exact) mass is 322 g/mol. The fourth-order valence-corrected chi connectivity index (χ4v) is 3.53. The minimum atomic E-state index is -1.22. The molecule has 1 saturated carbocycles. The number of hydrogen-bond acceptors (Lipinski definition) is 3. The van der Waals surface area contributed by atoms with E-state index in [0.29, 0.717) is 0 Å². The Morgan fingerprint density at radius 1 is 1.30 bits per heavy atom. The highest BCUT2D eigenvalue weighted by molar-refractivity contribution is 5.15. The van der Waals surface area contributed by atoms with Crippen LogP contribution in [0.2, 0.25) is 0 Å². The van der Waals surface area contributed by atoms with Crippen LogP contribution in [0.25, 0.3) is 0 Å². The smallest absolute Gasteiger partial charge is 0.100 e. The molecule has 5 atom stereocenters. The van der Waals surface area contributed by atoms with Crippen molar-refractivity contribution in [2.75, 3.05) is 0 Å². The van der Waals surface area contributed by atoms with Crippen molar-refractivity contribution in [2.24, 2.45) is 17.3 Å². The number of aliphatic hydroxyl groups excluding tert-OH is 1. The number of allylic oxidation sites excluding steroid dienone is 2. The summed E-state index contributed by atoms with van der Waals surface area (Å²) in [5, 5.41) is 30.6. The van der Waals surface area contributed by atoms with Crippen molar-refractivity contribution in [3.05, 3.63) is 37.0 Å². The van der Waals surface area contributed by atoms with Gasteiger partial charge in [-0.15, -0.1) is 6.58 Å². The third kappa shape index (κ3) is 4.79. The predicted molar refractivity (Wildman–Crippen MR) is 96.0 cm³/mol. The second-order valence-electron chi connectivity index (χ2n) is 8.26. The van der Waals surface area contributed by atoms with Crippen LogP contribution in [-0.4, -0.2) is 32.6 Å². The number of hydrogen-bond donors (Lipinski definition) is 3. The zero-order chi connectivity index (χ0) is 18.1. The molecule has 0 saturated heterocycles. The van der Waals surface area contributed by atoms with Gasteiger partial charge >= 0.3 is 0 Å². The molecule has 0 aromatic heterocycles. The molecular formula is C20H34O3. The first-order valence-corrected chi connectivity index (χ1v) is 8.44. The number of rotatable bonds is 6. The van der Waals surface area contributed by atoms with E-state index in [9.17, 15) is 15.3 Å². The molecule has 0 bridgehead atoms. The number of aliphatic hydroxyl groups is 3. The topological polar surface area (TPSA) is 60.7 Å². The Labute approximate surface area is 141 Å². The maximum atomic E-state index is 10.9. The molecule has 1 rings (SSSR count). The predicted octanol–water partition coefficient (Wildman–Crippen LogP) is 3.61. The van der Waals surface area contributed by atoms with Crippen LogP contribution in [-0.2, 0) is 0 Å². The molecule has 0 radical (unpaired) electrons. The van der Waals surface area contributed by atoms with Crippen LogP contribution in [0.5, 0.6) is 0 Å². The summed E-state index contributed by atoms with van der Waals surface area (Å²) in [5.41, 5.74) is -1.11. The normalized spacial score (nSPS) is 33.2. The van der Waals surface area contributed by atoms with Gasteiger partial charge in [0, 0.05) is 0 Å². The van der Waals surface area contributed by atoms with Gasteiger partial charge in [-0.25, -0.2) is 0 Å². The lowest BCUT2D eigenvalue weighted by molar-refractivity contribution is -0.0268. The average molecular weight is 322 g/mol. The SMILES string of the molecule is C=CC1(C)CCC(C(C)(O)C=CC(O)C(C)(C)O)CC1C(=C)C. The first-order chi connectivity index (χ1) is 10.3. The molecule has 23 heavy (non-hydrogen) atoms. The van der Waals surface area contributed by atoms with Gasteiger partial charge in [0.15, 0.2) is 0 Å². The van der Waals surface area contributed by atoms with E-state index in [4.69, 9.17) is 0 Å². The van der Waals surface area contributed by atoms with E-state index in [2.05, 4.69) is 20.1 Å². The zero-order valence-electron chi connectivity index (χ0n) is 15.3. The lowest BCUT2D eigenvalue weighted by atomic mass is 9.59. The molecule has 0 heterocycles. The molecule has 0 aromatic carbocycles. The van der Waals surface area contributed by atoms with Crippen molar-refractivity contribution in [1.29, 1.82) is 0 Å². The average Bonchev–Trinajstić information content (AvgIpc) is 2.43. The lowest BCUT2D eigenvalue weighted by Crippen LogP contribution is -2.42. The van der Waals surface area contributed by atoms with Crippen LogP contribution < -0.4 is 0 Å². The van der Waals surface area contributed by atoms with Gasteiger partial charge in [0.25, 0.3) is 0 Å². The molecule has 3 N–H and O–H groups in total. The molecular weight excluding hydrogens is 288 g/mol. The van der Waals surface area contributed by atoms with Crippen molar-refractivity contribution >= 4 is 0 Å². The summed E-state index contributed by atoms with van der Waals surface area (Å²) in [6.07, 6.45) is 6.83. The summed E-state index contributed by atoms with van der Waals surface area (Å²) in [6, 6.07) is 0. The molecule has 0 amide bonds. The van der Waals surface area contributed by atoms with Crippen LogP contribution in [0, 0.1) is 17.3 Å². The van der Waals surface area contributed by atoms with E-state index >= 15 is 0 Å². The highest BCUT2D eigenvalue weighted by atomic mass is 16.3. The van der Waals surface area contributed by atoms with Crippen molar-refractivity contribution in [3.63, 3.8) is 0 Å². The summed E-state index contributed by atoms with van der Waals surface area (Å²) in [5.74, 6) is 0.375. The van der Waals surface area contributed by atoms with E-state index in [-0.39, 0.29) is 17.3 Å². The Bertz CT molecular complexity index is 470. The van der Waals surface area contributed by atoms with Gasteiger partial charge in [0.05, 0.1) is 11.2 Å². The second kappa shape index (κ2) is 6.92. The lowest BCUT2D eigenvalue weighted by Gasteiger charge is -2.46. The van der Waals surface area contributed by atoms with Crippen molar-refractivity contribution in [1.82, 2.24) is 0 Å². The third-order valence-corrected chi connectivity index (χ3v) is 5.58. The molecule has 3 nitrogen and oxygen atoms in total. The fraction of sp³-hybridized carbons (Fsp3) is 0.700. The van der Waals surface area contributed by atoms with Crippen molar-refractivity contribution < 1.29 is 15.3 Å². The van der Waals surface area contributed by atoms with Gasteiger partial charge in [0.2, 0.25) is 0 Å². The highest BCUT2D eigenvalue weighted by Crippen LogP contribution is 2.49. The van der Waals surface area contributed by atoms with E-state index < -0.39 is 17.3 Å². The van der Waals surface area contributed by atoms with Gasteiger partial charge in [-0.1, -0.05) is 37.3 Å². The molecule has 5 unspecified atom stereocenters. The van der Waals surface area contributed by atoms with Gasteiger partial charge in [0.1, 0.15) is 6.10 Å². The Hall–Kier alpha value is -0.900. The van der Waals surface area contributed by atoms with Crippen molar-refractivity contribution in [2.45, 2.75) is 71.2 Å². The summed E-state index contributed by atoms with van der Waals surface area (Å²) in [7, 11) is 0. The van der Waals surface area contributed by atoms with Gasteiger partial charge in [-0.3, -0.25) is 0 Å². The Kier molecular flexibility index (Phi) is 6.06. The van der Waals surface area contributed by atoms with E-state index in [1.807, 2.05) is 13.0 Å². The molecule has 132 valence electrons. The molecule has 3 heteroatoms. The minimum absolute atomic E-state index is 0.0226. The maximum absolute atomic E-state index is 10.9. The minimum Gasteiger partial charge on any atom is -0.387 e. The standard InChI is InChI=1S/C20H34O3/c1-8-19(6)11-9-15(13-16(19)14(2)3)20(7,23)12-10-17(21)18(4,5)22/h8,10,12,15-17,21-23H,1-2,9,11,13H2,3-7H3. The summed E-state index contributed by atoms with van der Waals surface area (Å²) < 4.78 is 0. The second-order valence-corrected chi connectivity index (χ2v) is 8.26. The Morgan fingerprint density at radius 2 is 1.87 bits per heavy atom. The molecule has 0 aliphatic heterocycles. The van der Waals surface area contributed by atoms with Crippen molar-refractivity contribution in [3.8, 4) is 0 Å². The first-order valence-electron chi connectivity index (χ1n) is 8.44. The van der Waals surface area contributed by atoms with Crippen LogP contribution in [0.15, 0.2) is 37.0 Å². The molecule has 1 aliphatic carbocycles. The van der Waals surface area contributed by atoms with Crippen LogP contribution in [0.3, 0.4) is 0 Å². The highest BCUT2D eigenvalue weighted by Gasteiger charge is 2.43. The third-order valence-electron chi connectivity index (χ3n) is 5.58.